The number of rotatable bonds is 0. The Kier molecular flexibility index (Phi) is 4.87. The summed E-state index contributed by atoms with van der Waals surface area (Å²) in [6.45, 7) is 0. The summed E-state index contributed by atoms with van der Waals surface area (Å²) in [6, 6.07) is 0. The van der Waals surface area contributed by atoms with Crippen LogP contribution in [0.4, 0.5) is 0 Å². The van der Waals surface area contributed by atoms with Crippen molar-refractivity contribution >= 4 is 28.0 Å². The molecule has 0 N–H and O–H groups in total. The predicted octanol–water partition coefficient (Wildman–Crippen LogP) is -4.05. The molecule has 1 rings (SSSR count). The van der Waals surface area contributed by atoms with E-state index in [1.54, 1.807) is 0 Å². The van der Waals surface area contributed by atoms with Gasteiger partial charge in [-0.25, -0.2) is 0 Å². The standard InChI is InChI=1S/AsO3S.Na/c2-1-3-5-4-1;/q-1;+1. The second kappa shape index (κ2) is 3.75. The van der Waals surface area contributed by atoms with Crippen LogP contribution in [0.3, 0.4) is 0 Å². The van der Waals surface area contributed by atoms with Crippen molar-refractivity contribution in [2.75, 3.05) is 0 Å². The van der Waals surface area contributed by atoms with Gasteiger partial charge in [0, 0.05) is 0 Å². The molecule has 1 saturated heterocycles. The van der Waals surface area contributed by atoms with Gasteiger partial charge in [-0.15, -0.1) is 0 Å². The Morgan fingerprint density at radius 1 is 1.50 bits per heavy atom. The van der Waals surface area contributed by atoms with E-state index >= 15 is 0 Å². The molecule has 1 heterocycles. The summed E-state index contributed by atoms with van der Waals surface area (Å²) in [5.74, 6) is 0. The van der Waals surface area contributed by atoms with Crippen LogP contribution in [-0.4, -0.2) is 15.7 Å². The van der Waals surface area contributed by atoms with E-state index in [1.165, 1.54) is 0 Å². The summed E-state index contributed by atoms with van der Waals surface area (Å²) in [5, 5.41) is 0. The van der Waals surface area contributed by atoms with Crippen molar-refractivity contribution < 1.29 is 40.0 Å². The molecule has 1 fully saturated rings. The maximum atomic E-state index is 9.66. The van der Waals surface area contributed by atoms with E-state index in [0.29, 0.717) is 0 Å². The van der Waals surface area contributed by atoms with Crippen molar-refractivity contribution in [1.82, 2.24) is 0 Å². The van der Waals surface area contributed by atoms with Gasteiger partial charge in [0.05, 0.1) is 0 Å². The summed E-state index contributed by atoms with van der Waals surface area (Å²) < 4.78 is 18.1. The summed E-state index contributed by atoms with van der Waals surface area (Å²) in [5.41, 5.74) is 0. The number of hydrogen-bond donors (Lipinski definition) is 0. The Hall–Kier alpha value is 1.79. The molecule has 0 unspecified atom stereocenters. The van der Waals surface area contributed by atoms with Gasteiger partial charge in [-0.3, -0.25) is 0 Å². The second-order valence-electron chi connectivity index (χ2n) is 0.441. The third-order valence-electron chi connectivity index (χ3n) is 0.183. The van der Waals surface area contributed by atoms with Gasteiger partial charge in [-0.05, 0) is 0 Å². The van der Waals surface area contributed by atoms with Gasteiger partial charge in [0.1, 0.15) is 0 Å². The monoisotopic (exact) mass is 178 g/mol. The summed E-state index contributed by atoms with van der Waals surface area (Å²) in [4.78, 5) is 0. The molecule has 6 heavy (non-hydrogen) atoms. The molecule has 0 aromatic carbocycles. The van der Waals surface area contributed by atoms with Gasteiger partial charge >= 0.3 is 68.0 Å². The van der Waals surface area contributed by atoms with Gasteiger partial charge in [0.2, 0.25) is 0 Å². The molecule has 0 aliphatic carbocycles. The zero-order valence-corrected chi connectivity index (χ0v) is 7.77. The molecule has 0 atom stereocenters. The molecule has 0 aromatic heterocycles. The van der Waals surface area contributed by atoms with Crippen LogP contribution in [0.25, 0.3) is 0 Å². The molecule has 0 amide bonds. The van der Waals surface area contributed by atoms with Crippen molar-refractivity contribution in [3.63, 3.8) is 0 Å². The third-order valence-corrected chi connectivity index (χ3v) is 2.85. The minimum atomic E-state index is -2.31. The predicted molar refractivity (Wildman–Crippen MR) is 15.5 cm³/mol. The fourth-order valence-electron chi connectivity index (χ4n) is 0.0553. The van der Waals surface area contributed by atoms with Gasteiger partial charge in [0.25, 0.3) is 0 Å². The van der Waals surface area contributed by atoms with Gasteiger partial charge < -0.3 is 0 Å². The Labute approximate surface area is 67.4 Å². The zero-order valence-electron chi connectivity index (χ0n) is 3.08. The molecule has 0 saturated carbocycles. The average molecular weight is 178 g/mol. The molecule has 0 bridgehead atoms. The topological polar surface area (TPSA) is 41.5 Å². The molecule has 6 heteroatoms. The van der Waals surface area contributed by atoms with Crippen LogP contribution in [0.15, 0.2) is 0 Å². The zero-order chi connectivity index (χ0) is 3.70. The van der Waals surface area contributed by atoms with Gasteiger partial charge in [-0.2, -0.15) is 0 Å². The first-order chi connectivity index (χ1) is 2.39. The minimum absolute atomic E-state index is 0. The van der Waals surface area contributed by atoms with Crippen molar-refractivity contribution in [1.29, 1.82) is 0 Å². The van der Waals surface area contributed by atoms with E-state index in [9.17, 15) is 4.10 Å². The third kappa shape index (κ3) is 2.19. The Balaban J connectivity index is 0.000000250. The van der Waals surface area contributed by atoms with Crippen molar-refractivity contribution in [3.8, 4) is 0 Å². The molecule has 30 valence electrons. The molecule has 1 aliphatic rings. The fraction of sp³-hybridized carbons (Fsp3) is 0. The normalized spacial score (nSPS) is 21.5. The van der Waals surface area contributed by atoms with E-state index in [0.717, 1.165) is 12.3 Å². The molecule has 0 radical (unpaired) electrons. The molecule has 0 spiro atoms. The van der Waals surface area contributed by atoms with Crippen LogP contribution in [0.2, 0.25) is 0 Å². The summed E-state index contributed by atoms with van der Waals surface area (Å²) in [6.07, 6.45) is 0. The molecular weight excluding hydrogens is 178 g/mol. The van der Waals surface area contributed by atoms with Crippen LogP contribution in [0, 0.1) is 0 Å². The van der Waals surface area contributed by atoms with E-state index in [1.807, 2.05) is 0 Å². The van der Waals surface area contributed by atoms with Crippen LogP contribution < -0.4 is 33.7 Å². The van der Waals surface area contributed by atoms with E-state index < -0.39 is 15.7 Å². The fourth-order valence-corrected chi connectivity index (χ4v) is 0.862. The van der Waals surface area contributed by atoms with E-state index in [2.05, 4.69) is 6.34 Å². The van der Waals surface area contributed by atoms with Gasteiger partial charge in [0.15, 0.2) is 0 Å². The molecule has 1 aliphatic heterocycles. The van der Waals surface area contributed by atoms with Crippen LogP contribution in [-0.2, 0) is 6.34 Å². The Bertz CT molecular complexity index is 37.8. The van der Waals surface area contributed by atoms with Gasteiger partial charge in [-0.1, -0.05) is 0 Å². The Morgan fingerprint density at radius 2 is 1.83 bits per heavy atom. The first-order valence-electron chi connectivity index (χ1n) is 0.881. The molecule has 3 nitrogen and oxygen atoms in total. The van der Waals surface area contributed by atoms with Crippen molar-refractivity contribution in [2.24, 2.45) is 0 Å². The van der Waals surface area contributed by atoms with Crippen LogP contribution >= 0.6 is 12.3 Å². The van der Waals surface area contributed by atoms with Crippen LogP contribution in [0.1, 0.15) is 0 Å². The first-order valence-corrected chi connectivity index (χ1v) is 3.85. The summed E-state index contributed by atoms with van der Waals surface area (Å²) >= 11 is -1.51. The second-order valence-corrected chi connectivity index (χ2v) is 3.69. The summed E-state index contributed by atoms with van der Waals surface area (Å²) in [7, 11) is 0. The average Bonchev–Trinajstić information content (AvgIpc) is 1.30. The maximum absolute atomic E-state index is 9.66. The first kappa shape index (κ1) is 7.79. The van der Waals surface area contributed by atoms with Crippen molar-refractivity contribution in [3.05, 3.63) is 0 Å². The van der Waals surface area contributed by atoms with E-state index in [-0.39, 0.29) is 29.6 Å². The SMILES string of the molecule is [Na+].[O-][As]1OSO1. The quantitative estimate of drug-likeness (QED) is 0.279. The molecule has 0 aromatic rings. The number of hydrogen-bond acceptors (Lipinski definition) is 4. The van der Waals surface area contributed by atoms with E-state index in [4.69, 9.17) is 0 Å². The van der Waals surface area contributed by atoms with Crippen molar-refractivity contribution in [2.45, 2.75) is 0 Å². The molecular formula is AsNaO3S. The van der Waals surface area contributed by atoms with Crippen LogP contribution in [0.5, 0.6) is 0 Å². The Morgan fingerprint density at radius 3 is 1.83 bits per heavy atom.